The summed E-state index contributed by atoms with van der Waals surface area (Å²) in [5.74, 6) is 0.676. The molecule has 1 fully saturated rings. The number of likely N-dealkylation sites (tertiary alicyclic amines) is 1. The van der Waals surface area contributed by atoms with Gasteiger partial charge in [0.1, 0.15) is 0 Å². The smallest absolute Gasteiger partial charge is 0.0208 e. The molecule has 1 saturated heterocycles. The van der Waals surface area contributed by atoms with Gasteiger partial charge in [0, 0.05) is 19.1 Å². The Balaban J connectivity index is 1.50. The Hall–Kier alpha value is -1.64. The molecule has 0 amide bonds. The molecule has 2 N–H and O–H groups in total. The topological polar surface area (TPSA) is 29.3 Å². The lowest BCUT2D eigenvalue weighted by atomic mass is 9.99. The van der Waals surface area contributed by atoms with Crippen molar-refractivity contribution < 1.29 is 0 Å². The Morgan fingerprint density at radius 2 is 1.67 bits per heavy atom. The third-order valence-corrected chi connectivity index (χ3v) is 4.38. The second-order valence-corrected chi connectivity index (χ2v) is 6.11. The summed E-state index contributed by atoms with van der Waals surface area (Å²) >= 11 is 0. The molecule has 1 heterocycles. The maximum atomic E-state index is 6.33. The number of benzene rings is 2. The number of rotatable bonds is 5. The van der Waals surface area contributed by atoms with Gasteiger partial charge in [-0.3, -0.25) is 0 Å². The van der Waals surface area contributed by atoms with Crippen LogP contribution in [-0.4, -0.2) is 30.6 Å². The first-order valence-corrected chi connectivity index (χ1v) is 7.88. The van der Waals surface area contributed by atoms with Crippen molar-refractivity contribution in [2.24, 2.45) is 5.73 Å². The van der Waals surface area contributed by atoms with Crippen LogP contribution in [0.15, 0.2) is 60.7 Å². The highest BCUT2D eigenvalue weighted by atomic mass is 15.2. The van der Waals surface area contributed by atoms with E-state index < -0.39 is 0 Å². The Bertz CT molecular complexity index is 538. The lowest BCUT2D eigenvalue weighted by Crippen LogP contribution is -2.37. The Morgan fingerprint density at radius 1 is 1.00 bits per heavy atom. The van der Waals surface area contributed by atoms with Gasteiger partial charge in [-0.15, -0.1) is 0 Å². The van der Waals surface area contributed by atoms with E-state index >= 15 is 0 Å². The molecule has 0 bridgehead atoms. The fourth-order valence-electron chi connectivity index (χ4n) is 3.31. The van der Waals surface area contributed by atoms with E-state index in [1.54, 1.807) is 0 Å². The first-order chi connectivity index (χ1) is 10.3. The van der Waals surface area contributed by atoms with Gasteiger partial charge in [0.05, 0.1) is 0 Å². The van der Waals surface area contributed by atoms with Gasteiger partial charge in [-0.05, 0) is 36.4 Å². The first-order valence-electron chi connectivity index (χ1n) is 7.88. The van der Waals surface area contributed by atoms with E-state index in [2.05, 4.69) is 65.6 Å². The van der Waals surface area contributed by atoms with Crippen LogP contribution in [-0.2, 0) is 6.42 Å². The summed E-state index contributed by atoms with van der Waals surface area (Å²) in [4.78, 5) is 2.52. The van der Waals surface area contributed by atoms with E-state index in [9.17, 15) is 0 Å². The fourth-order valence-corrected chi connectivity index (χ4v) is 3.31. The zero-order valence-electron chi connectivity index (χ0n) is 12.5. The summed E-state index contributed by atoms with van der Waals surface area (Å²) in [7, 11) is 0. The molecule has 0 radical (unpaired) electrons. The maximum absolute atomic E-state index is 6.33. The summed E-state index contributed by atoms with van der Waals surface area (Å²) in [5.41, 5.74) is 9.13. The Labute approximate surface area is 127 Å². The van der Waals surface area contributed by atoms with Gasteiger partial charge in [-0.2, -0.15) is 0 Å². The lowest BCUT2D eigenvalue weighted by Gasteiger charge is -2.21. The van der Waals surface area contributed by atoms with E-state index in [-0.39, 0.29) is 6.04 Å². The van der Waals surface area contributed by atoms with Crippen molar-refractivity contribution >= 4 is 0 Å². The first kappa shape index (κ1) is 14.3. The fraction of sp³-hybridized carbons (Fsp3) is 0.368. The highest BCUT2D eigenvalue weighted by Gasteiger charge is 2.24. The molecule has 2 atom stereocenters. The van der Waals surface area contributed by atoms with E-state index in [1.165, 1.54) is 24.1 Å². The number of hydrogen-bond acceptors (Lipinski definition) is 2. The number of nitrogens with two attached hydrogens (primary N) is 1. The summed E-state index contributed by atoms with van der Waals surface area (Å²) in [6.07, 6.45) is 2.22. The molecule has 0 spiro atoms. The minimum atomic E-state index is 0.224. The molecule has 110 valence electrons. The lowest BCUT2D eigenvalue weighted by molar-refractivity contribution is 0.309. The van der Waals surface area contributed by atoms with Crippen LogP contribution in [0.25, 0.3) is 0 Å². The van der Waals surface area contributed by atoms with Crippen molar-refractivity contribution in [2.75, 3.05) is 19.6 Å². The predicted octanol–water partition coefficient (Wildman–Crippen LogP) is 3.05. The molecular weight excluding hydrogens is 256 g/mol. The van der Waals surface area contributed by atoms with E-state index in [4.69, 9.17) is 5.73 Å². The summed E-state index contributed by atoms with van der Waals surface area (Å²) in [6, 6.07) is 21.6. The van der Waals surface area contributed by atoms with Gasteiger partial charge in [0.25, 0.3) is 0 Å². The van der Waals surface area contributed by atoms with Crippen LogP contribution in [0.4, 0.5) is 0 Å². The van der Waals surface area contributed by atoms with Crippen molar-refractivity contribution in [3.63, 3.8) is 0 Å². The van der Waals surface area contributed by atoms with E-state index in [0.29, 0.717) is 5.92 Å². The quantitative estimate of drug-likeness (QED) is 0.912. The standard InChI is InChI=1S/C19H24N2/c20-19(13-16-7-3-1-4-8-16)15-21-12-11-18(14-21)17-9-5-2-6-10-17/h1-10,18-19H,11-15,20H2. The Kier molecular flexibility index (Phi) is 4.69. The molecule has 21 heavy (non-hydrogen) atoms. The van der Waals surface area contributed by atoms with Gasteiger partial charge < -0.3 is 10.6 Å². The second kappa shape index (κ2) is 6.88. The van der Waals surface area contributed by atoms with E-state index in [1.807, 2.05) is 0 Å². The summed E-state index contributed by atoms with van der Waals surface area (Å²) < 4.78 is 0. The normalized spacial score (nSPS) is 20.5. The molecule has 0 saturated carbocycles. The van der Waals surface area contributed by atoms with Crippen LogP contribution in [0.1, 0.15) is 23.5 Å². The van der Waals surface area contributed by atoms with Crippen LogP contribution < -0.4 is 5.73 Å². The van der Waals surface area contributed by atoms with Gasteiger partial charge in [-0.25, -0.2) is 0 Å². The van der Waals surface area contributed by atoms with E-state index in [0.717, 1.165) is 19.5 Å². The highest BCUT2D eigenvalue weighted by molar-refractivity contribution is 5.21. The molecule has 1 aliphatic heterocycles. The van der Waals surface area contributed by atoms with Gasteiger partial charge in [0.2, 0.25) is 0 Å². The Morgan fingerprint density at radius 3 is 2.38 bits per heavy atom. The molecule has 1 aliphatic rings. The maximum Gasteiger partial charge on any atom is 0.0208 e. The van der Waals surface area contributed by atoms with Crippen LogP contribution in [0.5, 0.6) is 0 Å². The van der Waals surface area contributed by atoms with Crippen molar-refractivity contribution in [3.8, 4) is 0 Å². The zero-order chi connectivity index (χ0) is 14.5. The second-order valence-electron chi connectivity index (χ2n) is 6.11. The van der Waals surface area contributed by atoms with Crippen molar-refractivity contribution in [1.82, 2.24) is 4.90 Å². The molecule has 2 heteroatoms. The third kappa shape index (κ3) is 3.93. The molecule has 3 rings (SSSR count). The molecule has 2 aromatic rings. The minimum Gasteiger partial charge on any atom is -0.326 e. The van der Waals surface area contributed by atoms with Crippen molar-refractivity contribution in [3.05, 3.63) is 71.8 Å². The molecule has 2 aromatic carbocycles. The average molecular weight is 280 g/mol. The SMILES string of the molecule is NC(Cc1ccccc1)CN1CCC(c2ccccc2)C1. The van der Waals surface area contributed by atoms with Crippen molar-refractivity contribution in [1.29, 1.82) is 0 Å². The van der Waals surface area contributed by atoms with Crippen LogP contribution in [0.3, 0.4) is 0 Å². The molecule has 2 unspecified atom stereocenters. The number of nitrogens with zero attached hydrogens (tertiary/aromatic N) is 1. The molecule has 0 aliphatic carbocycles. The van der Waals surface area contributed by atoms with Crippen LogP contribution in [0.2, 0.25) is 0 Å². The zero-order valence-corrected chi connectivity index (χ0v) is 12.5. The minimum absolute atomic E-state index is 0.224. The molecule has 2 nitrogen and oxygen atoms in total. The number of hydrogen-bond donors (Lipinski definition) is 1. The summed E-state index contributed by atoms with van der Waals surface area (Å²) in [6.45, 7) is 3.31. The van der Waals surface area contributed by atoms with Gasteiger partial charge in [0.15, 0.2) is 0 Å². The molecule has 0 aromatic heterocycles. The predicted molar refractivity (Wildman–Crippen MR) is 88.4 cm³/mol. The van der Waals surface area contributed by atoms with Gasteiger partial charge in [-0.1, -0.05) is 60.7 Å². The van der Waals surface area contributed by atoms with Crippen molar-refractivity contribution in [2.45, 2.75) is 24.8 Å². The average Bonchev–Trinajstić information content (AvgIpc) is 2.97. The van der Waals surface area contributed by atoms with Crippen LogP contribution in [0, 0.1) is 0 Å². The van der Waals surface area contributed by atoms with Gasteiger partial charge >= 0.3 is 0 Å². The monoisotopic (exact) mass is 280 g/mol. The third-order valence-electron chi connectivity index (χ3n) is 4.38. The molecular formula is C19H24N2. The summed E-state index contributed by atoms with van der Waals surface area (Å²) in [5, 5.41) is 0. The van der Waals surface area contributed by atoms with Crippen LogP contribution >= 0.6 is 0 Å². The largest absolute Gasteiger partial charge is 0.326 e. The highest BCUT2D eigenvalue weighted by Crippen LogP contribution is 2.26.